The van der Waals surface area contributed by atoms with Gasteiger partial charge in [-0.2, -0.15) is 0 Å². The average Bonchev–Trinajstić information content (AvgIpc) is 2.92. The van der Waals surface area contributed by atoms with Crippen molar-refractivity contribution in [1.29, 1.82) is 0 Å². The molecule has 1 aromatic heterocycles. The number of para-hydroxylation sites is 1. The second-order valence-electron chi connectivity index (χ2n) is 5.28. The Bertz CT molecular complexity index is 1010. The lowest BCUT2D eigenvalue weighted by molar-refractivity contribution is 0.300. The van der Waals surface area contributed by atoms with Gasteiger partial charge < -0.3 is 9.15 Å². The summed E-state index contributed by atoms with van der Waals surface area (Å²) < 4.78 is 26.1. The van der Waals surface area contributed by atoms with Crippen LogP contribution in [0.2, 0.25) is 0 Å². The summed E-state index contributed by atoms with van der Waals surface area (Å²) in [6, 6.07) is 18.5. The van der Waals surface area contributed by atoms with Gasteiger partial charge in [0.25, 0.3) is 0 Å². The van der Waals surface area contributed by atoms with Gasteiger partial charge in [0.15, 0.2) is 0 Å². The summed E-state index contributed by atoms with van der Waals surface area (Å²) in [7, 11) is 0. The van der Waals surface area contributed by atoms with Crippen molar-refractivity contribution in [3.05, 3.63) is 76.5 Å². The lowest BCUT2D eigenvalue weighted by Gasteiger charge is -2.07. The predicted octanol–water partition coefficient (Wildman–Crippen LogP) is 6.07. The molecule has 0 aliphatic heterocycles. The van der Waals surface area contributed by atoms with Gasteiger partial charge in [0.05, 0.1) is 0 Å². The molecule has 0 bridgehead atoms. The van der Waals surface area contributed by atoms with Crippen molar-refractivity contribution in [2.75, 3.05) is 0 Å². The monoisotopic (exact) mass is 370 g/mol. The SMILES string of the molecule is Fc1cc(Br)ccc1COc1ccc2oc3ccccc3c2c1. The van der Waals surface area contributed by atoms with Gasteiger partial charge in [0.1, 0.15) is 29.3 Å². The lowest BCUT2D eigenvalue weighted by Crippen LogP contribution is -1.98. The van der Waals surface area contributed by atoms with Crippen LogP contribution >= 0.6 is 15.9 Å². The number of halogens is 2. The molecule has 0 aliphatic carbocycles. The molecule has 0 saturated carbocycles. The van der Waals surface area contributed by atoms with Crippen LogP contribution in [-0.4, -0.2) is 0 Å². The van der Waals surface area contributed by atoms with E-state index in [9.17, 15) is 4.39 Å². The Morgan fingerprint density at radius 2 is 1.74 bits per heavy atom. The van der Waals surface area contributed by atoms with Crippen molar-refractivity contribution < 1.29 is 13.5 Å². The molecular weight excluding hydrogens is 359 g/mol. The highest BCUT2D eigenvalue weighted by Gasteiger charge is 2.08. The van der Waals surface area contributed by atoms with E-state index in [1.807, 2.05) is 42.5 Å². The summed E-state index contributed by atoms with van der Waals surface area (Å²) in [4.78, 5) is 0. The Morgan fingerprint density at radius 1 is 0.913 bits per heavy atom. The molecule has 2 nitrogen and oxygen atoms in total. The Morgan fingerprint density at radius 3 is 2.61 bits per heavy atom. The third kappa shape index (κ3) is 2.70. The fraction of sp³-hybridized carbons (Fsp3) is 0.0526. The van der Waals surface area contributed by atoms with E-state index in [0.29, 0.717) is 15.8 Å². The van der Waals surface area contributed by atoms with Crippen LogP contribution < -0.4 is 4.74 Å². The van der Waals surface area contributed by atoms with Crippen molar-refractivity contribution in [3.63, 3.8) is 0 Å². The van der Waals surface area contributed by atoms with Crippen LogP contribution in [0.15, 0.2) is 69.6 Å². The molecule has 0 aliphatic rings. The van der Waals surface area contributed by atoms with Crippen LogP contribution in [0.25, 0.3) is 21.9 Å². The Labute approximate surface area is 140 Å². The number of hydrogen-bond donors (Lipinski definition) is 0. The number of fused-ring (bicyclic) bond motifs is 3. The standard InChI is InChI=1S/C19H12BrFO2/c20-13-6-5-12(17(21)9-13)11-22-14-7-8-19-16(10-14)15-3-1-2-4-18(15)23-19/h1-10H,11H2. The van der Waals surface area contributed by atoms with Gasteiger partial charge in [-0.15, -0.1) is 0 Å². The highest BCUT2D eigenvalue weighted by Crippen LogP contribution is 2.31. The van der Waals surface area contributed by atoms with Crippen LogP contribution in [0, 0.1) is 5.82 Å². The first-order valence-corrected chi connectivity index (χ1v) is 7.98. The number of rotatable bonds is 3. The third-order valence-corrected chi connectivity index (χ3v) is 4.25. The molecule has 0 fully saturated rings. The van der Waals surface area contributed by atoms with Crippen molar-refractivity contribution >= 4 is 37.9 Å². The molecule has 4 aromatic rings. The van der Waals surface area contributed by atoms with E-state index in [1.165, 1.54) is 6.07 Å². The van der Waals surface area contributed by atoms with Gasteiger partial charge in [-0.05, 0) is 36.4 Å². The summed E-state index contributed by atoms with van der Waals surface area (Å²) >= 11 is 3.25. The fourth-order valence-corrected chi connectivity index (χ4v) is 2.93. The summed E-state index contributed by atoms with van der Waals surface area (Å²) in [6.07, 6.45) is 0. The van der Waals surface area contributed by atoms with Crippen molar-refractivity contribution in [1.82, 2.24) is 0 Å². The maximum atomic E-state index is 13.8. The minimum Gasteiger partial charge on any atom is -0.489 e. The van der Waals surface area contributed by atoms with Gasteiger partial charge in [-0.25, -0.2) is 4.39 Å². The van der Waals surface area contributed by atoms with Crippen molar-refractivity contribution in [3.8, 4) is 5.75 Å². The summed E-state index contributed by atoms with van der Waals surface area (Å²) in [5.41, 5.74) is 2.18. The molecule has 4 heteroatoms. The second-order valence-corrected chi connectivity index (χ2v) is 6.20. The summed E-state index contributed by atoms with van der Waals surface area (Å²) in [5.74, 6) is 0.403. The molecular formula is C19H12BrFO2. The fourth-order valence-electron chi connectivity index (χ4n) is 2.59. The number of hydrogen-bond acceptors (Lipinski definition) is 2. The van der Waals surface area contributed by atoms with Gasteiger partial charge in [-0.1, -0.05) is 40.2 Å². The first-order chi connectivity index (χ1) is 11.2. The molecule has 1 heterocycles. The smallest absolute Gasteiger partial charge is 0.135 e. The minimum atomic E-state index is -0.283. The third-order valence-electron chi connectivity index (χ3n) is 3.76. The molecule has 23 heavy (non-hydrogen) atoms. The highest BCUT2D eigenvalue weighted by atomic mass is 79.9. The highest BCUT2D eigenvalue weighted by molar-refractivity contribution is 9.10. The topological polar surface area (TPSA) is 22.4 Å². The van der Waals surface area contributed by atoms with E-state index in [2.05, 4.69) is 15.9 Å². The quantitative estimate of drug-likeness (QED) is 0.436. The molecule has 0 N–H and O–H groups in total. The van der Waals surface area contributed by atoms with E-state index < -0.39 is 0 Å². The number of furan rings is 1. The number of benzene rings is 3. The summed E-state index contributed by atoms with van der Waals surface area (Å²) in [5, 5.41) is 2.04. The van der Waals surface area contributed by atoms with E-state index in [4.69, 9.17) is 9.15 Å². The van der Waals surface area contributed by atoms with E-state index in [0.717, 1.165) is 21.9 Å². The lowest BCUT2D eigenvalue weighted by atomic mass is 10.1. The molecule has 0 unspecified atom stereocenters. The van der Waals surface area contributed by atoms with Gasteiger partial charge in [0, 0.05) is 20.8 Å². The normalized spacial score (nSPS) is 11.2. The molecule has 4 rings (SSSR count). The average molecular weight is 371 g/mol. The predicted molar refractivity (Wildman–Crippen MR) is 92.2 cm³/mol. The largest absolute Gasteiger partial charge is 0.489 e. The van der Waals surface area contributed by atoms with E-state index >= 15 is 0 Å². The molecule has 0 spiro atoms. The van der Waals surface area contributed by atoms with Gasteiger partial charge in [0.2, 0.25) is 0 Å². The molecule has 114 valence electrons. The summed E-state index contributed by atoms with van der Waals surface area (Å²) in [6.45, 7) is 0.181. The van der Waals surface area contributed by atoms with E-state index in [-0.39, 0.29) is 12.4 Å². The molecule has 0 atom stereocenters. The molecule has 0 amide bonds. The Kier molecular flexibility index (Phi) is 3.54. The zero-order valence-electron chi connectivity index (χ0n) is 12.1. The molecule has 3 aromatic carbocycles. The van der Waals surface area contributed by atoms with Crippen LogP contribution in [0.5, 0.6) is 5.75 Å². The van der Waals surface area contributed by atoms with Crippen molar-refractivity contribution in [2.24, 2.45) is 0 Å². The van der Waals surface area contributed by atoms with Crippen LogP contribution in [-0.2, 0) is 6.61 Å². The first-order valence-electron chi connectivity index (χ1n) is 7.19. The molecule has 0 radical (unpaired) electrons. The maximum absolute atomic E-state index is 13.8. The second kappa shape index (κ2) is 5.70. The minimum absolute atomic E-state index is 0.181. The van der Waals surface area contributed by atoms with Gasteiger partial charge in [-0.3, -0.25) is 0 Å². The van der Waals surface area contributed by atoms with Crippen LogP contribution in [0.4, 0.5) is 4.39 Å². The Hall–Kier alpha value is -2.33. The number of ether oxygens (including phenoxy) is 1. The molecule has 0 saturated heterocycles. The Balaban J connectivity index is 1.65. The zero-order valence-corrected chi connectivity index (χ0v) is 13.6. The van der Waals surface area contributed by atoms with Crippen LogP contribution in [0.3, 0.4) is 0 Å². The van der Waals surface area contributed by atoms with Crippen molar-refractivity contribution in [2.45, 2.75) is 6.61 Å². The maximum Gasteiger partial charge on any atom is 0.135 e. The van der Waals surface area contributed by atoms with Gasteiger partial charge >= 0.3 is 0 Å². The zero-order chi connectivity index (χ0) is 15.8. The van der Waals surface area contributed by atoms with E-state index in [1.54, 1.807) is 12.1 Å². The first kappa shape index (κ1) is 14.3. The van der Waals surface area contributed by atoms with Crippen LogP contribution in [0.1, 0.15) is 5.56 Å².